The standard InChI is InChI=1S/C16F33/c17-1(18)2(19,20)4(22,23)6(26,27)8(30,31)10(34,35)12(38,39)14(42,43)13(40,41)11(36,37)9(32,33)7(28,29)5(24,25)3(21,15(44,45)46)16(47,48)49. The third-order valence-electron chi connectivity index (χ3n) is 5.79. The zero-order valence-corrected chi connectivity index (χ0v) is 20.5. The highest BCUT2D eigenvalue weighted by atomic mass is 19.4. The van der Waals surface area contributed by atoms with Crippen LogP contribution in [0.2, 0.25) is 0 Å². The second-order valence-corrected chi connectivity index (χ2v) is 8.81. The van der Waals surface area contributed by atoms with E-state index in [1.807, 2.05) is 0 Å². The number of halogens is 33. The quantitative estimate of drug-likeness (QED) is 0.162. The molecule has 0 aliphatic rings. The second kappa shape index (κ2) is 11.1. The Labute approximate surface area is 242 Å². The molecular formula is C16F33. The van der Waals surface area contributed by atoms with Gasteiger partial charge in [-0.05, 0) is 0 Å². The molecule has 0 rings (SSSR count). The average molecular weight is 819 g/mol. The smallest absolute Gasteiger partial charge is 0.216 e. The Morgan fingerprint density at radius 3 is 0.490 bits per heavy atom. The van der Waals surface area contributed by atoms with Gasteiger partial charge in [0.15, 0.2) is 0 Å². The van der Waals surface area contributed by atoms with Gasteiger partial charge in [0.05, 0.1) is 0 Å². The first-order chi connectivity index (χ1) is 20.4. The largest absolute Gasteiger partial charge is 0.438 e. The van der Waals surface area contributed by atoms with E-state index in [1.54, 1.807) is 0 Å². The van der Waals surface area contributed by atoms with E-state index in [0.717, 1.165) is 0 Å². The van der Waals surface area contributed by atoms with Gasteiger partial charge in [0.1, 0.15) is 0 Å². The van der Waals surface area contributed by atoms with E-state index >= 15 is 0 Å². The van der Waals surface area contributed by atoms with Crippen molar-refractivity contribution in [2.75, 3.05) is 0 Å². The second-order valence-electron chi connectivity index (χ2n) is 8.81. The fourth-order valence-electron chi connectivity index (χ4n) is 2.82. The van der Waals surface area contributed by atoms with Crippen LogP contribution in [-0.4, -0.2) is 89.1 Å². The van der Waals surface area contributed by atoms with E-state index in [2.05, 4.69) is 0 Å². The number of rotatable bonds is 13. The Morgan fingerprint density at radius 1 is 0.204 bits per heavy atom. The molecule has 0 aromatic carbocycles. The van der Waals surface area contributed by atoms with Crippen molar-refractivity contribution >= 4 is 0 Å². The van der Waals surface area contributed by atoms with Crippen molar-refractivity contribution in [2.45, 2.75) is 89.1 Å². The van der Waals surface area contributed by atoms with Gasteiger partial charge in [-0.1, -0.05) is 0 Å². The molecule has 0 saturated carbocycles. The molecule has 0 unspecified atom stereocenters. The van der Waals surface area contributed by atoms with Crippen LogP contribution >= 0.6 is 0 Å². The van der Waals surface area contributed by atoms with Crippen LogP contribution in [0.1, 0.15) is 0 Å². The number of hydrogen-bond acceptors (Lipinski definition) is 0. The minimum Gasteiger partial charge on any atom is -0.216 e. The van der Waals surface area contributed by atoms with Gasteiger partial charge < -0.3 is 0 Å². The Morgan fingerprint density at radius 2 is 0.347 bits per heavy atom. The van der Waals surface area contributed by atoms with Crippen LogP contribution in [0.4, 0.5) is 145 Å². The Balaban J connectivity index is 7.76. The average Bonchev–Trinajstić information content (AvgIpc) is 2.85. The molecule has 0 saturated heterocycles. The molecular weight excluding hydrogens is 819 g/mol. The third-order valence-corrected chi connectivity index (χ3v) is 5.79. The van der Waals surface area contributed by atoms with Crippen molar-refractivity contribution in [1.29, 1.82) is 0 Å². The molecule has 295 valence electrons. The normalized spacial score (nSPS) is 17.3. The molecule has 0 heterocycles. The molecule has 33 heteroatoms. The van der Waals surface area contributed by atoms with Gasteiger partial charge in [-0.2, -0.15) is 140 Å². The van der Waals surface area contributed by atoms with Crippen molar-refractivity contribution in [3.63, 3.8) is 0 Å². The molecule has 1 radical (unpaired) electrons. The van der Waals surface area contributed by atoms with E-state index in [4.69, 9.17) is 0 Å². The summed E-state index contributed by atoms with van der Waals surface area (Å²) in [6.45, 7) is 0. The highest BCUT2D eigenvalue weighted by Gasteiger charge is 3.02. The maximum Gasteiger partial charge on any atom is 0.438 e. The van der Waals surface area contributed by atoms with Crippen molar-refractivity contribution in [3.05, 3.63) is 6.43 Å². The Bertz CT molecular complexity index is 1180. The summed E-state index contributed by atoms with van der Waals surface area (Å²) in [7, 11) is 0. The van der Waals surface area contributed by atoms with E-state index < -0.39 is 95.5 Å². The first-order valence-corrected chi connectivity index (χ1v) is 9.99. The Kier molecular flexibility index (Phi) is 10.6. The van der Waals surface area contributed by atoms with Gasteiger partial charge in [-0.15, -0.1) is 0 Å². The van der Waals surface area contributed by atoms with Gasteiger partial charge in [0.25, 0.3) is 0 Å². The molecule has 0 aliphatic carbocycles. The molecule has 0 bridgehead atoms. The van der Waals surface area contributed by atoms with Gasteiger partial charge >= 0.3 is 95.5 Å². The zero-order chi connectivity index (χ0) is 41.1. The van der Waals surface area contributed by atoms with Crippen molar-refractivity contribution < 1.29 is 145 Å². The summed E-state index contributed by atoms with van der Waals surface area (Å²) < 4.78 is 434. The minimum absolute atomic E-state index is 5.56. The maximum absolute atomic E-state index is 13.7. The summed E-state index contributed by atoms with van der Waals surface area (Å²) in [5, 5.41) is 0. The molecule has 0 N–H and O–H groups in total. The molecule has 0 nitrogen and oxygen atoms in total. The van der Waals surface area contributed by atoms with Gasteiger partial charge in [0, 0.05) is 0 Å². The Hall–Kier alpha value is -2.31. The van der Waals surface area contributed by atoms with Gasteiger partial charge in [-0.25, -0.2) is 4.39 Å². The molecule has 0 atom stereocenters. The van der Waals surface area contributed by atoms with E-state index in [9.17, 15) is 145 Å². The lowest BCUT2D eigenvalue weighted by Crippen LogP contribution is -2.80. The summed E-state index contributed by atoms with van der Waals surface area (Å²) in [5.41, 5.74) is -9.40. The topological polar surface area (TPSA) is 0 Å². The SMILES string of the molecule is F[C](F)C(F)(F)C(F)(F)C(F)(F)C(F)(F)C(F)(F)C(F)(F)C(F)(F)C(F)(F)C(F)(F)C(F)(F)C(F)(F)C(F)(F)C(F)(C(F)(F)F)C(F)(F)F. The minimum atomic E-state index is -10.2. The number of alkyl halides is 31. The lowest BCUT2D eigenvalue weighted by Gasteiger charge is -2.47. The highest BCUT2D eigenvalue weighted by Crippen LogP contribution is 2.70. The van der Waals surface area contributed by atoms with Crippen LogP contribution in [0, 0.1) is 6.43 Å². The molecule has 0 spiro atoms. The monoisotopic (exact) mass is 819 g/mol. The van der Waals surface area contributed by atoms with Crippen LogP contribution < -0.4 is 0 Å². The van der Waals surface area contributed by atoms with E-state index in [0.29, 0.717) is 0 Å². The lowest BCUT2D eigenvalue weighted by atomic mass is 9.81. The summed E-state index contributed by atoms with van der Waals surface area (Å²) in [6.07, 6.45) is -23.2. The lowest BCUT2D eigenvalue weighted by molar-refractivity contribution is -0.491. The first-order valence-electron chi connectivity index (χ1n) is 9.99. The fourth-order valence-corrected chi connectivity index (χ4v) is 2.82. The molecule has 0 aromatic heterocycles. The van der Waals surface area contributed by atoms with Crippen LogP contribution in [0.3, 0.4) is 0 Å². The van der Waals surface area contributed by atoms with Crippen LogP contribution in [0.5, 0.6) is 0 Å². The van der Waals surface area contributed by atoms with Gasteiger partial charge in [-0.3, -0.25) is 0 Å². The molecule has 0 aliphatic heterocycles. The molecule has 0 fully saturated rings. The number of hydrogen-bond donors (Lipinski definition) is 0. The van der Waals surface area contributed by atoms with Crippen molar-refractivity contribution in [3.8, 4) is 0 Å². The van der Waals surface area contributed by atoms with Crippen LogP contribution in [0.15, 0.2) is 0 Å². The fraction of sp³-hybridized carbons (Fsp3) is 0.938. The summed E-state index contributed by atoms with van der Waals surface area (Å²) in [4.78, 5) is 0. The van der Waals surface area contributed by atoms with E-state index in [1.165, 1.54) is 0 Å². The summed E-state index contributed by atoms with van der Waals surface area (Å²) in [6, 6.07) is 0. The molecule has 0 amide bonds. The maximum atomic E-state index is 13.7. The molecule has 49 heavy (non-hydrogen) atoms. The van der Waals surface area contributed by atoms with Crippen LogP contribution in [-0.2, 0) is 0 Å². The molecule has 0 aromatic rings. The predicted molar refractivity (Wildman–Crippen MR) is 80.8 cm³/mol. The first kappa shape index (κ1) is 46.7. The highest BCUT2D eigenvalue weighted by molar-refractivity contribution is 5.23. The predicted octanol–water partition coefficient (Wildman–Crippen LogP) is 10.9. The van der Waals surface area contributed by atoms with E-state index in [-0.39, 0.29) is 0 Å². The van der Waals surface area contributed by atoms with Crippen molar-refractivity contribution in [2.24, 2.45) is 0 Å². The third kappa shape index (κ3) is 5.19. The van der Waals surface area contributed by atoms with Crippen LogP contribution in [0.25, 0.3) is 0 Å². The van der Waals surface area contributed by atoms with Gasteiger partial charge in [0.2, 0.25) is 0 Å². The van der Waals surface area contributed by atoms with Crippen molar-refractivity contribution in [1.82, 2.24) is 0 Å². The summed E-state index contributed by atoms with van der Waals surface area (Å²) >= 11 is 0. The zero-order valence-electron chi connectivity index (χ0n) is 20.5. The summed E-state index contributed by atoms with van der Waals surface area (Å²) in [5.74, 6) is -117.